The van der Waals surface area contributed by atoms with Gasteiger partial charge in [0.05, 0.1) is 6.61 Å². The van der Waals surface area contributed by atoms with Crippen molar-refractivity contribution in [1.82, 2.24) is 9.80 Å². The van der Waals surface area contributed by atoms with Crippen LogP contribution in [0.1, 0.15) is 49.5 Å². The number of benzene rings is 2. The summed E-state index contributed by atoms with van der Waals surface area (Å²) < 4.78 is 19.1. The molecule has 2 aromatic carbocycles. The predicted molar refractivity (Wildman–Crippen MR) is 119 cm³/mol. The van der Waals surface area contributed by atoms with Gasteiger partial charge in [0.1, 0.15) is 11.6 Å². The molecule has 2 amide bonds. The van der Waals surface area contributed by atoms with Gasteiger partial charge in [-0.3, -0.25) is 9.59 Å². The monoisotopic (exact) mass is 426 g/mol. The van der Waals surface area contributed by atoms with Crippen LogP contribution in [0.15, 0.2) is 48.5 Å². The Morgan fingerprint density at radius 1 is 0.968 bits per heavy atom. The van der Waals surface area contributed by atoms with Crippen LogP contribution in [-0.2, 0) is 10.2 Å². The first-order valence-corrected chi connectivity index (χ1v) is 10.8. The van der Waals surface area contributed by atoms with Gasteiger partial charge < -0.3 is 14.5 Å². The minimum atomic E-state index is -0.424. The Bertz CT molecular complexity index is 898. The third kappa shape index (κ3) is 6.29. The van der Waals surface area contributed by atoms with E-state index >= 15 is 0 Å². The van der Waals surface area contributed by atoms with Crippen LogP contribution in [-0.4, -0.2) is 54.4 Å². The number of nitrogens with zero attached hydrogens (tertiary/aromatic N) is 2. The summed E-state index contributed by atoms with van der Waals surface area (Å²) in [6.07, 6.45) is 1.06. The summed E-state index contributed by atoms with van der Waals surface area (Å²) in [5.74, 6) is 0.263. The molecule has 3 rings (SSSR count). The second-order valence-electron chi connectivity index (χ2n) is 8.91. The standard InChI is InChI=1S/C25H31FN2O3/c1-25(2,3)20-9-11-22(12-10-20)31-17-5-8-23(29)27-13-15-28(16-14-27)24(30)19-6-4-7-21(26)18-19/h4,6-7,9-12,18H,5,8,13-17H2,1-3H3. The Balaban J connectivity index is 1.38. The molecule has 166 valence electrons. The quantitative estimate of drug-likeness (QED) is 0.649. The number of carbonyl (C=O) groups excluding carboxylic acids is 2. The van der Waals surface area contributed by atoms with Crippen molar-refractivity contribution >= 4 is 11.8 Å². The molecule has 0 aliphatic carbocycles. The second kappa shape index (κ2) is 9.94. The molecule has 0 atom stereocenters. The molecule has 31 heavy (non-hydrogen) atoms. The minimum Gasteiger partial charge on any atom is -0.494 e. The third-order valence-corrected chi connectivity index (χ3v) is 5.52. The van der Waals surface area contributed by atoms with Gasteiger partial charge in [-0.15, -0.1) is 0 Å². The number of ether oxygens (including phenoxy) is 1. The molecule has 0 aromatic heterocycles. The van der Waals surface area contributed by atoms with E-state index < -0.39 is 5.82 Å². The molecule has 1 fully saturated rings. The highest BCUT2D eigenvalue weighted by atomic mass is 19.1. The van der Waals surface area contributed by atoms with Gasteiger partial charge in [0.25, 0.3) is 5.91 Å². The number of amides is 2. The van der Waals surface area contributed by atoms with E-state index in [4.69, 9.17) is 4.74 Å². The van der Waals surface area contributed by atoms with E-state index in [1.807, 2.05) is 12.1 Å². The van der Waals surface area contributed by atoms with Crippen molar-refractivity contribution in [3.63, 3.8) is 0 Å². The van der Waals surface area contributed by atoms with Gasteiger partial charge >= 0.3 is 0 Å². The molecular formula is C25H31FN2O3. The van der Waals surface area contributed by atoms with Gasteiger partial charge in [-0.25, -0.2) is 4.39 Å². The lowest BCUT2D eigenvalue weighted by atomic mass is 9.87. The highest BCUT2D eigenvalue weighted by molar-refractivity contribution is 5.94. The molecular weight excluding hydrogens is 395 g/mol. The molecule has 1 aliphatic rings. The van der Waals surface area contributed by atoms with Crippen LogP contribution in [0.25, 0.3) is 0 Å². The molecule has 2 aromatic rings. The maximum Gasteiger partial charge on any atom is 0.254 e. The minimum absolute atomic E-state index is 0.0736. The van der Waals surface area contributed by atoms with E-state index in [-0.39, 0.29) is 17.2 Å². The van der Waals surface area contributed by atoms with Crippen LogP contribution >= 0.6 is 0 Å². The van der Waals surface area contributed by atoms with Crippen molar-refractivity contribution in [3.05, 3.63) is 65.5 Å². The number of rotatable bonds is 6. The predicted octanol–water partition coefficient (Wildman–Crippen LogP) is 4.27. The van der Waals surface area contributed by atoms with Crippen molar-refractivity contribution in [1.29, 1.82) is 0 Å². The Kier molecular flexibility index (Phi) is 7.31. The Hall–Kier alpha value is -2.89. The highest BCUT2D eigenvalue weighted by Crippen LogP contribution is 2.24. The number of piperazine rings is 1. The summed E-state index contributed by atoms with van der Waals surface area (Å²) in [6, 6.07) is 13.8. The van der Waals surface area contributed by atoms with E-state index in [1.54, 1.807) is 15.9 Å². The first-order chi connectivity index (χ1) is 14.7. The molecule has 0 unspecified atom stereocenters. The van der Waals surface area contributed by atoms with Gasteiger partial charge in [0, 0.05) is 38.2 Å². The zero-order valence-electron chi connectivity index (χ0n) is 18.6. The van der Waals surface area contributed by atoms with Gasteiger partial charge in [0.2, 0.25) is 5.91 Å². The van der Waals surface area contributed by atoms with Crippen LogP contribution in [0.2, 0.25) is 0 Å². The van der Waals surface area contributed by atoms with Crippen LogP contribution in [0.5, 0.6) is 5.75 Å². The fourth-order valence-corrected chi connectivity index (χ4v) is 3.59. The fraction of sp³-hybridized carbons (Fsp3) is 0.440. The van der Waals surface area contributed by atoms with Gasteiger partial charge in [-0.05, 0) is 47.7 Å². The van der Waals surface area contributed by atoms with Crippen molar-refractivity contribution in [2.75, 3.05) is 32.8 Å². The fourth-order valence-electron chi connectivity index (χ4n) is 3.59. The molecule has 1 heterocycles. The molecule has 6 heteroatoms. The van der Waals surface area contributed by atoms with Crippen LogP contribution < -0.4 is 4.74 Å². The first-order valence-electron chi connectivity index (χ1n) is 10.8. The number of hydrogen-bond acceptors (Lipinski definition) is 3. The Labute approximate surface area is 183 Å². The maximum absolute atomic E-state index is 13.3. The Morgan fingerprint density at radius 2 is 1.61 bits per heavy atom. The zero-order valence-corrected chi connectivity index (χ0v) is 18.6. The average molecular weight is 427 g/mol. The van der Waals surface area contributed by atoms with E-state index in [9.17, 15) is 14.0 Å². The van der Waals surface area contributed by atoms with Gasteiger partial charge in [-0.1, -0.05) is 39.0 Å². The molecule has 0 N–H and O–H groups in total. The summed E-state index contributed by atoms with van der Waals surface area (Å²) in [5.41, 5.74) is 1.70. The molecule has 0 saturated carbocycles. The first kappa shape index (κ1) is 22.8. The summed E-state index contributed by atoms with van der Waals surface area (Å²) in [6.45, 7) is 8.90. The number of hydrogen-bond donors (Lipinski definition) is 0. The SMILES string of the molecule is CC(C)(C)c1ccc(OCCCC(=O)N2CCN(C(=O)c3cccc(F)c3)CC2)cc1. The Morgan fingerprint density at radius 3 is 2.23 bits per heavy atom. The average Bonchev–Trinajstić information content (AvgIpc) is 2.76. The van der Waals surface area contributed by atoms with Crippen molar-refractivity contribution < 1.29 is 18.7 Å². The smallest absolute Gasteiger partial charge is 0.254 e. The molecule has 0 spiro atoms. The van der Waals surface area contributed by atoms with E-state index in [2.05, 4.69) is 32.9 Å². The molecule has 1 saturated heterocycles. The lowest BCUT2D eigenvalue weighted by Crippen LogP contribution is -2.50. The zero-order chi connectivity index (χ0) is 22.4. The van der Waals surface area contributed by atoms with E-state index in [0.29, 0.717) is 51.2 Å². The second-order valence-corrected chi connectivity index (χ2v) is 8.91. The lowest BCUT2D eigenvalue weighted by Gasteiger charge is -2.35. The topological polar surface area (TPSA) is 49.9 Å². The molecule has 5 nitrogen and oxygen atoms in total. The van der Waals surface area contributed by atoms with Gasteiger partial charge in [0.15, 0.2) is 0 Å². The van der Waals surface area contributed by atoms with Crippen LogP contribution in [0.4, 0.5) is 4.39 Å². The molecule has 1 aliphatic heterocycles. The van der Waals surface area contributed by atoms with Crippen molar-refractivity contribution in [3.8, 4) is 5.75 Å². The van der Waals surface area contributed by atoms with Crippen molar-refractivity contribution in [2.45, 2.75) is 39.0 Å². The highest BCUT2D eigenvalue weighted by Gasteiger charge is 2.24. The van der Waals surface area contributed by atoms with Crippen molar-refractivity contribution in [2.24, 2.45) is 0 Å². The van der Waals surface area contributed by atoms with Crippen LogP contribution in [0.3, 0.4) is 0 Å². The van der Waals surface area contributed by atoms with E-state index in [0.717, 1.165) is 5.75 Å². The summed E-state index contributed by atoms with van der Waals surface area (Å²) in [7, 11) is 0. The molecule has 0 radical (unpaired) electrons. The molecule has 0 bridgehead atoms. The number of carbonyl (C=O) groups is 2. The number of halogens is 1. The normalized spacial score (nSPS) is 14.5. The summed E-state index contributed by atoms with van der Waals surface area (Å²) >= 11 is 0. The lowest BCUT2D eigenvalue weighted by molar-refractivity contribution is -0.132. The van der Waals surface area contributed by atoms with Crippen LogP contribution in [0, 0.1) is 5.82 Å². The van der Waals surface area contributed by atoms with Gasteiger partial charge in [-0.2, -0.15) is 0 Å². The third-order valence-electron chi connectivity index (χ3n) is 5.52. The summed E-state index contributed by atoms with van der Waals surface area (Å²) in [4.78, 5) is 28.4. The van der Waals surface area contributed by atoms with E-state index in [1.165, 1.54) is 23.8 Å². The largest absolute Gasteiger partial charge is 0.494 e. The summed E-state index contributed by atoms with van der Waals surface area (Å²) in [5, 5.41) is 0. The maximum atomic E-state index is 13.3.